The number of carboxylic acids is 1. The van der Waals surface area contributed by atoms with Gasteiger partial charge in [0.1, 0.15) is 0 Å². The van der Waals surface area contributed by atoms with Crippen LogP contribution in [0, 0.1) is 5.92 Å². The Balaban J connectivity index is 0. The fraction of sp³-hybridized carbons (Fsp3) is 0.875. The molecule has 0 heterocycles. The molecule has 2 nitrogen and oxygen atoms in total. The van der Waals surface area contributed by atoms with Crippen LogP contribution in [0.4, 0.5) is 0 Å². The third kappa shape index (κ3) is 17.8. The van der Waals surface area contributed by atoms with Gasteiger partial charge in [0.05, 0.1) is 5.92 Å². The van der Waals surface area contributed by atoms with Crippen molar-refractivity contribution in [1.82, 2.24) is 0 Å². The number of rotatable bonds is 3. The van der Waals surface area contributed by atoms with Gasteiger partial charge in [0.2, 0.25) is 0 Å². The van der Waals surface area contributed by atoms with Crippen molar-refractivity contribution in [3.63, 3.8) is 0 Å². The summed E-state index contributed by atoms with van der Waals surface area (Å²) in [6.07, 6.45) is 0. The molecule has 0 aliphatic heterocycles. The molecule has 11 heavy (non-hydrogen) atoms. The topological polar surface area (TPSA) is 37.3 Å². The van der Waals surface area contributed by atoms with E-state index < -0.39 is 5.97 Å². The molecule has 0 bridgehead atoms. The van der Waals surface area contributed by atoms with Crippen LogP contribution in [0.5, 0.6) is 0 Å². The molecule has 0 aromatic carbocycles. The van der Waals surface area contributed by atoms with Crippen LogP contribution < -0.4 is 0 Å². The van der Waals surface area contributed by atoms with Crippen molar-refractivity contribution < 1.29 is 9.90 Å². The molecular formula is C8H18AlO2. The summed E-state index contributed by atoms with van der Waals surface area (Å²) in [6.45, 7) is 7.78. The lowest BCUT2D eigenvalue weighted by Gasteiger charge is -1.89. The Kier molecular flexibility index (Phi) is 12.4. The minimum atomic E-state index is -0.741. The normalized spacial score (nSPS) is 8.45. The summed E-state index contributed by atoms with van der Waals surface area (Å²) >= 11 is 0.815. The van der Waals surface area contributed by atoms with Gasteiger partial charge in [-0.25, -0.2) is 0 Å². The average molecular weight is 173 g/mol. The first-order valence-corrected chi connectivity index (χ1v) is 5.73. The lowest BCUT2D eigenvalue weighted by Crippen LogP contribution is -2.03. The predicted octanol–water partition coefficient (Wildman–Crippen LogP) is 2.29. The molecule has 0 spiro atoms. The summed E-state index contributed by atoms with van der Waals surface area (Å²) in [5.74, 6) is -0.972. The van der Waals surface area contributed by atoms with E-state index in [1.54, 1.807) is 13.8 Å². The van der Waals surface area contributed by atoms with E-state index in [9.17, 15) is 4.79 Å². The van der Waals surface area contributed by atoms with Crippen LogP contribution in [0.25, 0.3) is 0 Å². The van der Waals surface area contributed by atoms with Crippen molar-refractivity contribution in [2.45, 2.75) is 38.3 Å². The third-order valence-corrected chi connectivity index (χ3v) is 2.23. The Morgan fingerprint density at radius 2 is 1.64 bits per heavy atom. The smallest absolute Gasteiger partial charge is 0.305 e. The Labute approximate surface area is 75.7 Å². The second-order valence-corrected chi connectivity index (χ2v) is 4.81. The van der Waals surface area contributed by atoms with E-state index in [2.05, 4.69) is 13.8 Å². The highest BCUT2D eigenvalue weighted by Crippen LogP contribution is 1.87. The van der Waals surface area contributed by atoms with Crippen LogP contribution in [-0.2, 0) is 4.79 Å². The zero-order valence-corrected chi connectivity index (χ0v) is 9.08. The largest absolute Gasteiger partial charge is 0.481 e. The molecule has 0 saturated heterocycles. The van der Waals surface area contributed by atoms with E-state index in [1.165, 1.54) is 10.6 Å². The quantitative estimate of drug-likeness (QED) is 0.665. The molecule has 0 unspecified atom stereocenters. The zero-order valence-electron chi connectivity index (χ0n) is 7.92. The summed E-state index contributed by atoms with van der Waals surface area (Å²) in [5, 5.41) is 10.8. The highest BCUT2D eigenvalue weighted by atomic mass is 27.1. The summed E-state index contributed by atoms with van der Waals surface area (Å²) in [4.78, 5) is 9.70. The molecule has 0 saturated carbocycles. The Morgan fingerprint density at radius 3 is 1.64 bits per heavy atom. The maximum atomic E-state index is 9.70. The Morgan fingerprint density at radius 1 is 1.36 bits per heavy atom. The molecule has 1 N–H and O–H groups in total. The highest BCUT2D eigenvalue weighted by molar-refractivity contribution is 6.34. The van der Waals surface area contributed by atoms with E-state index in [0.717, 1.165) is 15.2 Å². The molecular weight excluding hydrogens is 155 g/mol. The average Bonchev–Trinajstić information content (AvgIpc) is 1.90. The van der Waals surface area contributed by atoms with Crippen molar-refractivity contribution >= 4 is 21.2 Å². The Hall–Kier alpha value is 0.00247. The van der Waals surface area contributed by atoms with Gasteiger partial charge in [-0.1, -0.05) is 27.7 Å². The van der Waals surface area contributed by atoms with Crippen molar-refractivity contribution in [3.8, 4) is 0 Å². The van der Waals surface area contributed by atoms with Crippen LogP contribution in [0.2, 0.25) is 10.6 Å². The maximum Gasteiger partial charge on any atom is 0.305 e. The summed E-state index contributed by atoms with van der Waals surface area (Å²) in [7, 11) is 0. The van der Waals surface area contributed by atoms with Gasteiger partial charge in [-0.15, -0.1) is 10.6 Å². The standard InChI is InChI=1S/C4H8O2.2C2H5.Al/c1-3(2)4(5)6;2*1-2;/h3H,1-2H3,(H,5,6);2*1H2,2H3;. The van der Waals surface area contributed by atoms with Gasteiger partial charge < -0.3 is 5.11 Å². The zero-order chi connectivity index (χ0) is 9.28. The minimum absolute atomic E-state index is 0.231. The summed E-state index contributed by atoms with van der Waals surface area (Å²) in [6, 6.07) is 0. The van der Waals surface area contributed by atoms with Crippen LogP contribution in [0.1, 0.15) is 27.7 Å². The van der Waals surface area contributed by atoms with Crippen LogP contribution in [0.15, 0.2) is 0 Å². The first kappa shape index (κ1) is 13.6. The molecule has 3 heteroatoms. The highest BCUT2D eigenvalue weighted by Gasteiger charge is 1.99. The van der Waals surface area contributed by atoms with Gasteiger partial charge in [-0.3, -0.25) is 4.79 Å². The van der Waals surface area contributed by atoms with Gasteiger partial charge in [0, 0.05) is 0 Å². The van der Waals surface area contributed by atoms with Crippen LogP contribution >= 0.6 is 0 Å². The van der Waals surface area contributed by atoms with Crippen molar-refractivity contribution in [2.75, 3.05) is 0 Å². The first-order valence-electron chi connectivity index (χ1n) is 4.10. The molecule has 0 amide bonds. The lowest BCUT2D eigenvalue weighted by molar-refractivity contribution is -0.140. The van der Waals surface area contributed by atoms with Crippen molar-refractivity contribution in [1.29, 1.82) is 0 Å². The second-order valence-electron chi connectivity index (χ2n) is 2.60. The molecule has 0 fully saturated rings. The van der Waals surface area contributed by atoms with Gasteiger partial charge in [-0.05, 0) is 0 Å². The van der Waals surface area contributed by atoms with Gasteiger partial charge >= 0.3 is 5.97 Å². The first-order chi connectivity index (χ1) is 5.06. The fourth-order valence-corrected chi connectivity index (χ4v) is 0.866. The number of carboxylic acid groups (broad SMARTS) is 1. The molecule has 0 aliphatic carbocycles. The van der Waals surface area contributed by atoms with E-state index in [4.69, 9.17) is 5.11 Å². The molecule has 65 valence electrons. The fourth-order valence-electron chi connectivity index (χ4n) is 0.289. The molecule has 0 aromatic rings. The van der Waals surface area contributed by atoms with Gasteiger partial charge in [0.15, 0.2) is 15.2 Å². The van der Waals surface area contributed by atoms with Gasteiger partial charge in [-0.2, -0.15) is 0 Å². The van der Waals surface area contributed by atoms with Crippen molar-refractivity contribution in [2.24, 2.45) is 5.92 Å². The van der Waals surface area contributed by atoms with E-state index >= 15 is 0 Å². The molecule has 1 radical (unpaired) electrons. The summed E-state index contributed by atoms with van der Waals surface area (Å²) < 4.78 is 0. The monoisotopic (exact) mass is 173 g/mol. The second kappa shape index (κ2) is 10.0. The van der Waals surface area contributed by atoms with Crippen molar-refractivity contribution in [3.05, 3.63) is 0 Å². The molecule has 0 rings (SSSR count). The van der Waals surface area contributed by atoms with Gasteiger partial charge in [0.25, 0.3) is 0 Å². The molecule has 0 atom stereocenters. The maximum absolute atomic E-state index is 9.70. The third-order valence-electron chi connectivity index (χ3n) is 1.07. The summed E-state index contributed by atoms with van der Waals surface area (Å²) in [5.41, 5.74) is 0. The minimum Gasteiger partial charge on any atom is -0.481 e. The van der Waals surface area contributed by atoms with Crippen LogP contribution in [-0.4, -0.2) is 26.3 Å². The van der Waals surface area contributed by atoms with E-state index in [1.807, 2.05) is 0 Å². The number of aliphatic carboxylic acids is 1. The number of hydrogen-bond acceptors (Lipinski definition) is 1. The lowest BCUT2D eigenvalue weighted by atomic mass is 10.2. The molecule has 0 aliphatic rings. The number of carbonyl (C=O) groups is 1. The number of hydrogen-bond donors (Lipinski definition) is 1. The van der Waals surface area contributed by atoms with E-state index in [-0.39, 0.29) is 5.92 Å². The predicted molar refractivity (Wildman–Crippen MR) is 49.2 cm³/mol. The van der Waals surface area contributed by atoms with Crippen LogP contribution in [0.3, 0.4) is 0 Å². The SMILES string of the molecule is CC(C)C(=O)O.C[CH2][Al][CH2]C. The molecule has 0 aromatic heterocycles. The van der Waals surface area contributed by atoms with E-state index in [0.29, 0.717) is 0 Å². The Bertz CT molecular complexity index is 90.1.